The average Bonchev–Trinajstić information content (AvgIpc) is 3.30. The molecular formula is C19H20ClN5O4S. The van der Waals surface area contributed by atoms with Crippen LogP contribution in [0, 0.1) is 0 Å². The fourth-order valence-electron chi connectivity index (χ4n) is 3.83. The van der Waals surface area contributed by atoms with Gasteiger partial charge in [-0.2, -0.15) is 4.98 Å². The highest BCUT2D eigenvalue weighted by atomic mass is 35.5. The second kappa shape index (κ2) is 7.69. The molecule has 0 unspecified atom stereocenters. The molecule has 2 aromatic heterocycles. The van der Waals surface area contributed by atoms with E-state index >= 15 is 0 Å². The van der Waals surface area contributed by atoms with Crippen LogP contribution in [0.5, 0.6) is 0 Å². The molecule has 3 aromatic rings. The zero-order valence-corrected chi connectivity index (χ0v) is 17.7. The van der Waals surface area contributed by atoms with E-state index in [0.717, 1.165) is 10.6 Å². The highest BCUT2D eigenvalue weighted by Crippen LogP contribution is 2.43. The smallest absolute Gasteiger partial charge is 0.321 e. The van der Waals surface area contributed by atoms with Crippen LogP contribution in [0.3, 0.4) is 0 Å². The second-order valence-electron chi connectivity index (χ2n) is 7.44. The maximum atomic E-state index is 12.1. The third kappa shape index (κ3) is 3.49. The van der Waals surface area contributed by atoms with Gasteiger partial charge in [-0.05, 0) is 25.1 Å². The highest BCUT2D eigenvalue weighted by Gasteiger charge is 2.42. The summed E-state index contributed by atoms with van der Waals surface area (Å²) < 4.78 is 11.8. The van der Waals surface area contributed by atoms with Crippen LogP contribution in [0.1, 0.15) is 23.5 Å². The van der Waals surface area contributed by atoms with E-state index in [1.54, 1.807) is 19.1 Å². The van der Waals surface area contributed by atoms with Gasteiger partial charge in [-0.25, -0.2) is 9.78 Å². The van der Waals surface area contributed by atoms with Crippen LogP contribution in [0.2, 0.25) is 5.02 Å². The topological polar surface area (TPSA) is 113 Å². The van der Waals surface area contributed by atoms with Gasteiger partial charge in [0.1, 0.15) is 5.52 Å². The zero-order valence-electron chi connectivity index (χ0n) is 16.1. The monoisotopic (exact) mass is 449 g/mol. The minimum atomic E-state index is -0.394. The molecule has 4 heterocycles. The molecule has 158 valence electrons. The van der Waals surface area contributed by atoms with Crippen molar-refractivity contribution in [1.29, 1.82) is 0 Å². The van der Waals surface area contributed by atoms with E-state index < -0.39 is 6.03 Å². The minimum absolute atomic E-state index is 0.0398. The van der Waals surface area contributed by atoms with Crippen LogP contribution >= 0.6 is 22.9 Å². The standard InChI is InChI=1S/C19H20ClN5O4S/c1-9(6-26)21-17(27)24-18-22-13-5-11-7-28-8-14(16(13)30-18)25(11)19-23-12-4-10(20)2-3-15(12)29-19/h2-4,9,11,14,26H,5-8H2,1H3,(H2,21,22,24,27)/t9-,11+,14+/m1/s1. The van der Waals surface area contributed by atoms with Gasteiger partial charge in [0.05, 0.1) is 48.5 Å². The lowest BCUT2D eigenvalue weighted by Gasteiger charge is -2.43. The number of thiazole rings is 1. The fourth-order valence-corrected chi connectivity index (χ4v) is 5.07. The third-order valence-corrected chi connectivity index (χ3v) is 6.55. The van der Waals surface area contributed by atoms with Crippen LogP contribution in [-0.4, -0.2) is 53.0 Å². The van der Waals surface area contributed by atoms with Gasteiger partial charge in [0, 0.05) is 11.4 Å². The van der Waals surface area contributed by atoms with Crippen molar-refractivity contribution in [1.82, 2.24) is 15.3 Å². The molecule has 0 radical (unpaired) electrons. The van der Waals surface area contributed by atoms with Crippen molar-refractivity contribution in [2.45, 2.75) is 31.5 Å². The first-order valence-electron chi connectivity index (χ1n) is 9.62. The van der Waals surface area contributed by atoms with E-state index in [1.165, 1.54) is 11.3 Å². The summed E-state index contributed by atoms with van der Waals surface area (Å²) in [5.74, 6) is 0. The van der Waals surface area contributed by atoms with Gasteiger partial charge in [0.15, 0.2) is 10.7 Å². The maximum absolute atomic E-state index is 12.1. The second-order valence-corrected chi connectivity index (χ2v) is 8.91. The lowest BCUT2D eigenvalue weighted by molar-refractivity contribution is 0.0579. The van der Waals surface area contributed by atoms with Gasteiger partial charge in [0.25, 0.3) is 6.01 Å². The molecule has 3 atom stereocenters. The van der Waals surface area contributed by atoms with Crippen molar-refractivity contribution >= 4 is 51.2 Å². The van der Waals surface area contributed by atoms with Gasteiger partial charge in [-0.3, -0.25) is 5.32 Å². The van der Waals surface area contributed by atoms with Crippen molar-refractivity contribution in [2.75, 3.05) is 30.0 Å². The Labute approximate surface area is 181 Å². The van der Waals surface area contributed by atoms with E-state index in [1.807, 2.05) is 6.07 Å². The Bertz CT molecular complexity index is 1100. The molecule has 0 aliphatic carbocycles. The van der Waals surface area contributed by atoms with Crippen molar-refractivity contribution in [3.63, 3.8) is 0 Å². The summed E-state index contributed by atoms with van der Waals surface area (Å²) >= 11 is 7.50. The Hall–Kier alpha value is -2.40. The zero-order chi connectivity index (χ0) is 20.8. The predicted molar refractivity (Wildman–Crippen MR) is 113 cm³/mol. The average molecular weight is 450 g/mol. The number of aliphatic hydroxyl groups excluding tert-OH is 1. The molecule has 5 rings (SSSR count). The van der Waals surface area contributed by atoms with Crippen molar-refractivity contribution < 1.29 is 19.1 Å². The number of fused-ring (bicyclic) bond motifs is 5. The van der Waals surface area contributed by atoms with E-state index in [4.69, 9.17) is 25.9 Å². The number of nitrogens with zero attached hydrogens (tertiary/aromatic N) is 3. The van der Waals surface area contributed by atoms with Gasteiger partial charge in [-0.1, -0.05) is 22.9 Å². The molecule has 11 heteroatoms. The summed E-state index contributed by atoms with van der Waals surface area (Å²) in [5, 5.41) is 15.6. The molecule has 2 bridgehead atoms. The maximum Gasteiger partial charge on any atom is 0.321 e. The molecule has 1 aromatic carbocycles. The van der Waals surface area contributed by atoms with Crippen molar-refractivity contribution in [2.24, 2.45) is 0 Å². The quantitative estimate of drug-likeness (QED) is 0.561. The van der Waals surface area contributed by atoms with E-state index in [2.05, 4.69) is 25.5 Å². The Balaban J connectivity index is 1.43. The first-order chi connectivity index (χ1) is 14.5. The highest BCUT2D eigenvalue weighted by molar-refractivity contribution is 7.16. The minimum Gasteiger partial charge on any atom is -0.423 e. The van der Waals surface area contributed by atoms with E-state index in [0.29, 0.717) is 46.9 Å². The Morgan fingerprint density at radius 1 is 1.43 bits per heavy atom. The van der Waals surface area contributed by atoms with Gasteiger partial charge in [0.2, 0.25) is 0 Å². The number of ether oxygens (including phenoxy) is 1. The van der Waals surface area contributed by atoms with E-state index in [9.17, 15) is 4.79 Å². The Kier molecular flexibility index (Phi) is 5.02. The molecule has 2 aliphatic rings. The Morgan fingerprint density at radius 2 is 2.30 bits per heavy atom. The van der Waals surface area contributed by atoms with Crippen molar-refractivity contribution in [3.8, 4) is 0 Å². The molecule has 2 aliphatic heterocycles. The summed E-state index contributed by atoms with van der Waals surface area (Å²) in [5.41, 5.74) is 2.35. The lowest BCUT2D eigenvalue weighted by Crippen LogP contribution is -2.51. The number of amides is 2. The number of aromatic nitrogens is 2. The number of oxazole rings is 1. The molecule has 0 saturated carbocycles. The summed E-state index contributed by atoms with van der Waals surface area (Å²) in [6.45, 7) is 2.62. The predicted octanol–water partition coefficient (Wildman–Crippen LogP) is 2.94. The van der Waals surface area contributed by atoms with Crippen LogP contribution in [0.15, 0.2) is 22.6 Å². The van der Waals surface area contributed by atoms with E-state index in [-0.39, 0.29) is 24.7 Å². The number of hydrogen-bond acceptors (Lipinski definition) is 8. The SMILES string of the molecule is C[C@H](CO)NC(=O)Nc1nc2c(s1)[C@@H]1COC[C@H](C2)N1c1nc2cc(Cl)ccc2o1. The molecule has 0 spiro atoms. The Morgan fingerprint density at radius 3 is 3.13 bits per heavy atom. The number of benzene rings is 1. The number of carbonyl (C=O) groups excluding carboxylic acids is 1. The molecule has 1 saturated heterocycles. The van der Waals surface area contributed by atoms with Crippen LogP contribution < -0.4 is 15.5 Å². The van der Waals surface area contributed by atoms with Crippen LogP contribution in [0.4, 0.5) is 15.9 Å². The number of anilines is 2. The van der Waals surface area contributed by atoms with Gasteiger partial charge < -0.3 is 24.5 Å². The molecule has 30 heavy (non-hydrogen) atoms. The normalized spacial score (nSPS) is 21.4. The largest absolute Gasteiger partial charge is 0.423 e. The molecule has 3 N–H and O–H groups in total. The lowest BCUT2D eigenvalue weighted by atomic mass is 9.97. The first-order valence-corrected chi connectivity index (χ1v) is 10.8. The summed E-state index contributed by atoms with van der Waals surface area (Å²) in [4.78, 5) is 24.5. The fraction of sp³-hybridized carbons (Fsp3) is 0.421. The number of nitrogens with one attached hydrogen (secondary N) is 2. The van der Waals surface area contributed by atoms with Crippen molar-refractivity contribution in [3.05, 3.63) is 33.8 Å². The molecule has 9 nitrogen and oxygen atoms in total. The van der Waals surface area contributed by atoms with Gasteiger partial charge >= 0.3 is 6.03 Å². The number of hydrogen-bond donors (Lipinski definition) is 3. The number of halogens is 1. The summed E-state index contributed by atoms with van der Waals surface area (Å²) in [6.07, 6.45) is 0.665. The molecule has 1 fully saturated rings. The first kappa shape index (κ1) is 19.6. The molecular weight excluding hydrogens is 430 g/mol. The third-order valence-electron chi connectivity index (χ3n) is 5.21. The van der Waals surface area contributed by atoms with Crippen LogP contribution in [-0.2, 0) is 11.2 Å². The number of aliphatic hydroxyl groups is 1. The number of morpholine rings is 1. The number of rotatable bonds is 4. The molecule has 2 amide bonds. The number of carbonyl (C=O) groups is 1. The summed E-state index contributed by atoms with van der Waals surface area (Å²) in [7, 11) is 0. The number of urea groups is 1. The summed E-state index contributed by atoms with van der Waals surface area (Å²) in [6, 6.07) is 5.13. The van der Waals surface area contributed by atoms with Crippen LogP contribution in [0.25, 0.3) is 11.1 Å². The van der Waals surface area contributed by atoms with Gasteiger partial charge in [-0.15, -0.1) is 0 Å².